The third kappa shape index (κ3) is 7.62. The van der Waals surface area contributed by atoms with Crippen LogP contribution in [0.15, 0.2) is 0 Å². The monoisotopic (exact) mass is 169 g/mol. The van der Waals surface area contributed by atoms with Gasteiger partial charge in [-0.05, 0) is 7.05 Å². The highest BCUT2D eigenvalue weighted by molar-refractivity contribution is 4.26. The maximum absolute atomic E-state index is 7.74. The molecular weight excluding hydrogens is 158 g/mol. The zero-order valence-corrected chi connectivity index (χ0v) is 6.35. The van der Waals surface area contributed by atoms with Crippen molar-refractivity contribution in [2.75, 3.05) is 27.6 Å². The average molecular weight is 169 g/mol. The highest BCUT2D eigenvalue weighted by atomic mass is 17.5. The lowest BCUT2D eigenvalue weighted by Crippen LogP contribution is -2.24. The Bertz CT molecular complexity index is 81.0. The van der Waals surface area contributed by atoms with Gasteiger partial charge in [0.1, 0.15) is 13.5 Å². The van der Waals surface area contributed by atoms with Gasteiger partial charge in [-0.3, -0.25) is 4.90 Å². The fourth-order valence-corrected chi connectivity index (χ4v) is 0.310. The number of rotatable bonds is 7. The first-order chi connectivity index (χ1) is 5.31. The molecular formula is C4H11NO6. The van der Waals surface area contributed by atoms with Crippen LogP contribution in [0.25, 0.3) is 0 Å². The van der Waals surface area contributed by atoms with Crippen molar-refractivity contribution in [1.29, 1.82) is 0 Å². The van der Waals surface area contributed by atoms with Crippen LogP contribution < -0.4 is 0 Å². The van der Waals surface area contributed by atoms with E-state index in [-0.39, 0.29) is 13.5 Å². The van der Waals surface area contributed by atoms with E-state index >= 15 is 0 Å². The summed E-state index contributed by atoms with van der Waals surface area (Å²) in [6.07, 6.45) is 0. The van der Waals surface area contributed by atoms with E-state index < -0.39 is 0 Å². The van der Waals surface area contributed by atoms with Crippen molar-refractivity contribution in [3.63, 3.8) is 0 Å². The van der Waals surface area contributed by atoms with Gasteiger partial charge in [0, 0.05) is 0 Å². The largest absolute Gasteiger partial charge is 0.255 e. The van der Waals surface area contributed by atoms with Gasteiger partial charge in [-0.25, -0.2) is 10.1 Å². The van der Waals surface area contributed by atoms with Gasteiger partial charge in [0.25, 0.3) is 0 Å². The fourth-order valence-electron chi connectivity index (χ4n) is 0.310. The zero-order valence-electron chi connectivity index (χ0n) is 6.35. The second-order valence-corrected chi connectivity index (χ2v) is 1.66. The van der Waals surface area contributed by atoms with Crippen LogP contribution in [0.3, 0.4) is 0 Å². The molecule has 1 N–H and O–H groups in total. The minimum absolute atomic E-state index is 0.0452. The van der Waals surface area contributed by atoms with E-state index in [0.717, 1.165) is 0 Å². The summed E-state index contributed by atoms with van der Waals surface area (Å²) < 4.78 is 0. The normalized spacial score (nSPS) is 10.9. The van der Waals surface area contributed by atoms with Crippen LogP contribution in [-0.4, -0.2) is 37.8 Å². The van der Waals surface area contributed by atoms with Gasteiger partial charge in [-0.2, -0.15) is 9.78 Å². The first kappa shape index (κ1) is 10.7. The summed E-state index contributed by atoms with van der Waals surface area (Å²) in [7, 11) is 2.96. The molecule has 7 nitrogen and oxygen atoms in total. The number of hydrogen-bond acceptors (Lipinski definition) is 7. The van der Waals surface area contributed by atoms with Gasteiger partial charge in [0.2, 0.25) is 0 Å². The Morgan fingerprint density at radius 3 is 2.45 bits per heavy atom. The third-order valence-electron chi connectivity index (χ3n) is 0.715. The Hall–Kier alpha value is -0.280. The molecule has 0 saturated carbocycles. The Morgan fingerprint density at radius 2 is 1.91 bits per heavy atom. The van der Waals surface area contributed by atoms with Gasteiger partial charge >= 0.3 is 0 Å². The molecule has 0 saturated heterocycles. The quantitative estimate of drug-likeness (QED) is 0.244. The molecule has 0 heterocycles. The minimum Gasteiger partial charge on any atom is -0.255 e. The smallest absolute Gasteiger partial charge is 0.140 e. The van der Waals surface area contributed by atoms with Crippen LogP contribution in [-0.2, 0) is 24.7 Å². The molecule has 0 aliphatic carbocycles. The van der Waals surface area contributed by atoms with Crippen molar-refractivity contribution >= 4 is 0 Å². The van der Waals surface area contributed by atoms with E-state index in [9.17, 15) is 0 Å². The van der Waals surface area contributed by atoms with Crippen molar-refractivity contribution < 1.29 is 30.0 Å². The van der Waals surface area contributed by atoms with Crippen molar-refractivity contribution in [2.24, 2.45) is 0 Å². The molecule has 11 heavy (non-hydrogen) atoms. The fraction of sp³-hybridized carbons (Fsp3) is 1.00. The molecule has 7 heteroatoms. The van der Waals surface area contributed by atoms with Crippen LogP contribution in [0.1, 0.15) is 0 Å². The second-order valence-electron chi connectivity index (χ2n) is 1.66. The summed E-state index contributed by atoms with van der Waals surface area (Å²) in [4.78, 5) is 14.2. The Labute approximate surface area is 63.7 Å². The highest BCUT2D eigenvalue weighted by Gasteiger charge is 1.98. The van der Waals surface area contributed by atoms with E-state index in [1.165, 1.54) is 12.0 Å². The standard InChI is InChI=1S/C4H11NO6/c1-5(3-8-10-6)4-9-11-7-2/h6H,3-4H2,1-2H3. The van der Waals surface area contributed by atoms with E-state index in [2.05, 4.69) is 24.7 Å². The van der Waals surface area contributed by atoms with E-state index in [0.29, 0.717) is 0 Å². The summed E-state index contributed by atoms with van der Waals surface area (Å²) in [6, 6.07) is 0. The molecule has 0 atom stereocenters. The first-order valence-electron chi connectivity index (χ1n) is 2.75. The summed E-state index contributed by atoms with van der Waals surface area (Å²) >= 11 is 0. The Balaban J connectivity index is 3.02. The Kier molecular flexibility index (Phi) is 7.62. The Morgan fingerprint density at radius 1 is 1.27 bits per heavy atom. The van der Waals surface area contributed by atoms with Gasteiger partial charge in [-0.15, -0.1) is 0 Å². The molecule has 0 bridgehead atoms. The molecule has 68 valence electrons. The highest BCUT2D eigenvalue weighted by Crippen LogP contribution is 1.86. The van der Waals surface area contributed by atoms with Gasteiger partial charge in [-0.1, -0.05) is 10.1 Å². The molecule has 0 aromatic heterocycles. The molecule has 0 radical (unpaired) electrons. The van der Waals surface area contributed by atoms with Crippen molar-refractivity contribution in [1.82, 2.24) is 4.90 Å². The van der Waals surface area contributed by atoms with Crippen LogP contribution >= 0.6 is 0 Å². The van der Waals surface area contributed by atoms with E-state index in [4.69, 9.17) is 5.26 Å². The lowest BCUT2D eigenvalue weighted by molar-refractivity contribution is -0.523. The summed E-state index contributed by atoms with van der Waals surface area (Å²) in [5, 5.41) is 15.2. The van der Waals surface area contributed by atoms with Crippen molar-refractivity contribution in [3.05, 3.63) is 0 Å². The van der Waals surface area contributed by atoms with Gasteiger partial charge in [0.15, 0.2) is 0 Å². The number of nitrogens with zero attached hydrogens (tertiary/aromatic N) is 1. The maximum Gasteiger partial charge on any atom is 0.140 e. The minimum atomic E-state index is 0.0452. The lowest BCUT2D eigenvalue weighted by atomic mass is 10.9. The SMILES string of the molecule is COOOCN(C)COOO. The molecule has 0 aliphatic heterocycles. The summed E-state index contributed by atoms with van der Waals surface area (Å²) in [5.74, 6) is 0. The second kappa shape index (κ2) is 7.82. The van der Waals surface area contributed by atoms with Crippen molar-refractivity contribution in [2.45, 2.75) is 0 Å². The van der Waals surface area contributed by atoms with Crippen LogP contribution in [0.5, 0.6) is 0 Å². The van der Waals surface area contributed by atoms with Crippen LogP contribution in [0.4, 0.5) is 0 Å². The predicted molar refractivity (Wildman–Crippen MR) is 31.5 cm³/mol. The predicted octanol–water partition coefficient (Wildman–Crippen LogP) is -0.236. The molecule has 0 aromatic carbocycles. The van der Waals surface area contributed by atoms with Gasteiger partial charge < -0.3 is 0 Å². The molecule has 0 fully saturated rings. The summed E-state index contributed by atoms with van der Waals surface area (Å²) in [6.45, 7) is 0.167. The van der Waals surface area contributed by atoms with Gasteiger partial charge in [0.05, 0.1) is 7.11 Å². The average Bonchev–Trinajstić information content (AvgIpc) is 2.01. The first-order valence-corrected chi connectivity index (χ1v) is 2.75. The zero-order chi connectivity index (χ0) is 8.53. The van der Waals surface area contributed by atoms with E-state index in [1.54, 1.807) is 7.05 Å². The summed E-state index contributed by atoms with van der Waals surface area (Å²) in [5.41, 5.74) is 0. The van der Waals surface area contributed by atoms with Crippen molar-refractivity contribution in [3.8, 4) is 0 Å². The maximum atomic E-state index is 7.74. The lowest BCUT2D eigenvalue weighted by Gasteiger charge is -2.12. The molecule has 0 aliphatic rings. The molecule has 0 amide bonds. The molecule has 0 rings (SSSR count). The molecule has 0 unspecified atom stereocenters. The van der Waals surface area contributed by atoms with Crippen LogP contribution in [0, 0.1) is 0 Å². The third-order valence-corrected chi connectivity index (χ3v) is 0.715. The van der Waals surface area contributed by atoms with Crippen LogP contribution in [0.2, 0.25) is 0 Å². The number of hydrogen-bond donors (Lipinski definition) is 1. The molecule has 0 spiro atoms. The van der Waals surface area contributed by atoms with E-state index in [1.807, 2.05) is 0 Å². The molecule has 0 aromatic rings. The topological polar surface area (TPSA) is 69.6 Å².